The zero-order valence-electron chi connectivity index (χ0n) is 25.1. The number of carbonyl (C=O) groups excluding carboxylic acids is 2. The van der Waals surface area contributed by atoms with E-state index in [4.69, 9.17) is 15.5 Å². The molecule has 3 N–H and O–H groups in total. The Bertz CT molecular complexity index is 1650. The maximum atomic E-state index is 13.2. The number of alkyl halides is 3. The molecule has 13 heteroatoms. The van der Waals surface area contributed by atoms with Crippen molar-refractivity contribution in [3.8, 4) is 11.3 Å². The summed E-state index contributed by atoms with van der Waals surface area (Å²) in [6.45, 7) is 3.72. The summed E-state index contributed by atoms with van der Waals surface area (Å²) in [5.41, 5.74) is 9.62. The molecule has 1 saturated carbocycles. The molecule has 1 aromatic carbocycles. The highest BCUT2D eigenvalue weighted by atomic mass is 19.4. The zero-order chi connectivity index (χ0) is 32.3. The molecule has 6 rings (SSSR count). The molecule has 2 fully saturated rings. The van der Waals surface area contributed by atoms with Gasteiger partial charge in [0.05, 0.1) is 25.3 Å². The summed E-state index contributed by atoms with van der Waals surface area (Å²) in [7, 11) is 0. The van der Waals surface area contributed by atoms with Gasteiger partial charge < -0.3 is 25.6 Å². The number of hydrogen-bond donors (Lipinski definition) is 2. The molecule has 2 amide bonds. The van der Waals surface area contributed by atoms with Gasteiger partial charge in [0.15, 0.2) is 0 Å². The molecular weight excluding hydrogens is 599 g/mol. The van der Waals surface area contributed by atoms with Gasteiger partial charge in [0, 0.05) is 61.5 Å². The summed E-state index contributed by atoms with van der Waals surface area (Å²) >= 11 is 0. The number of carbonyl (C=O) groups is 2. The van der Waals surface area contributed by atoms with Crippen LogP contribution in [0.4, 0.5) is 30.6 Å². The Morgan fingerprint density at radius 1 is 1.02 bits per heavy atom. The molecule has 1 aliphatic carbocycles. The summed E-state index contributed by atoms with van der Waals surface area (Å²) in [6, 6.07) is 10.6. The molecule has 2 aliphatic heterocycles. The Morgan fingerprint density at radius 3 is 2.37 bits per heavy atom. The standard InChI is InChI=1S/C33H34F3N7O3/c34-33(35,36)27(23-3-4-23)18-30(44)40-26-5-1-21(2-6-26)15-31(45)43-9-7-22(8-10-43)24-16-28(25-19-38-32(37)39-20-25)41-29(17-24)42-11-13-46-14-12-42/h1-2,5-7,16-20,23H,3-4,8-15H2,(H,40,44)(H2,37,38,39). The zero-order valence-corrected chi connectivity index (χ0v) is 25.1. The highest BCUT2D eigenvalue weighted by molar-refractivity contribution is 6.00. The van der Waals surface area contributed by atoms with Gasteiger partial charge in [0.1, 0.15) is 5.82 Å². The van der Waals surface area contributed by atoms with Crippen LogP contribution in [-0.2, 0) is 20.7 Å². The monoisotopic (exact) mass is 633 g/mol. The summed E-state index contributed by atoms with van der Waals surface area (Å²) in [6.07, 6.45) is 3.21. The fourth-order valence-electron chi connectivity index (χ4n) is 5.57. The third kappa shape index (κ3) is 7.71. The molecule has 10 nitrogen and oxygen atoms in total. The van der Waals surface area contributed by atoms with Crippen LogP contribution in [0.5, 0.6) is 0 Å². The maximum absolute atomic E-state index is 13.2. The van der Waals surface area contributed by atoms with E-state index in [1.807, 2.05) is 6.07 Å². The van der Waals surface area contributed by atoms with Gasteiger partial charge in [-0.3, -0.25) is 9.59 Å². The Hall–Kier alpha value is -4.78. The fraction of sp³-hybridized carbons (Fsp3) is 0.364. The molecule has 0 radical (unpaired) electrons. The van der Waals surface area contributed by atoms with Crippen LogP contribution in [0.25, 0.3) is 16.8 Å². The predicted octanol–water partition coefficient (Wildman–Crippen LogP) is 4.65. The number of morpholine rings is 1. The van der Waals surface area contributed by atoms with Crippen LogP contribution in [0, 0.1) is 5.92 Å². The van der Waals surface area contributed by atoms with Gasteiger partial charge in [0.2, 0.25) is 17.8 Å². The molecule has 0 spiro atoms. The number of nitrogens with one attached hydrogen (secondary N) is 1. The maximum Gasteiger partial charge on any atom is 0.413 e. The minimum Gasteiger partial charge on any atom is -0.378 e. The van der Waals surface area contributed by atoms with E-state index in [0.717, 1.165) is 46.9 Å². The first kappa shape index (κ1) is 31.2. The molecule has 0 bridgehead atoms. The Balaban J connectivity index is 1.10. The number of aromatic nitrogens is 3. The van der Waals surface area contributed by atoms with Crippen molar-refractivity contribution in [1.29, 1.82) is 0 Å². The van der Waals surface area contributed by atoms with E-state index in [9.17, 15) is 22.8 Å². The van der Waals surface area contributed by atoms with Gasteiger partial charge in [-0.15, -0.1) is 0 Å². The molecule has 2 aromatic heterocycles. The number of pyridine rings is 1. The molecule has 240 valence electrons. The van der Waals surface area contributed by atoms with Crippen LogP contribution in [0.15, 0.2) is 66.5 Å². The van der Waals surface area contributed by atoms with Crippen molar-refractivity contribution in [3.63, 3.8) is 0 Å². The first-order chi connectivity index (χ1) is 22.1. The first-order valence-electron chi connectivity index (χ1n) is 15.2. The quantitative estimate of drug-likeness (QED) is 0.344. The number of benzene rings is 1. The molecule has 4 heterocycles. The van der Waals surface area contributed by atoms with E-state index in [-0.39, 0.29) is 18.3 Å². The van der Waals surface area contributed by atoms with Crippen molar-refractivity contribution in [2.45, 2.75) is 31.9 Å². The highest BCUT2D eigenvalue weighted by Gasteiger charge is 2.43. The molecule has 0 atom stereocenters. The second-order valence-electron chi connectivity index (χ2n) is 11.6. The SMILES string of the molecule is Nc1ncc(-c2cc(C3=CCN(C(=O)Cc4ccc(NC(=O)C=C(C5CC5)C(F)(F)F)cc4)CC3)cc(N3CCOCC3)n2)cn1. The van der Waals surface area contributed by atoms with Gasteiger partial charge in [0.25, 0.3) is 0 Å². The number of anilines is 3. The van der Waals surface area contributed by atoms with Crippen molar-refractivity contribution in [3.05, 3.63) is 77.6 Å². The molecule has 46 heavy (non-hydrogen) atoms. The Kier molecular flexibility index (Phi) is 9.02. The van der Waals surface area contributed by atoms with Crippen molar-refractivity contribution in [2.75, 3.05) is 55.3 Å². The van der Waals surface area contributed by atoms with Crippen LogP contribution >= 0.6 is 0 Å². The van der Waals surface area contributed by atoms with E-state index in [2.05, 4.69) is 32.3 Å². The van der Waals surface area contributed by atoms with E-state index in [1.54, 1.807) is 41.6 Å². The predicted molar refractivity (Wildman–Crippen MR) is 168 cm³/mol. The van der Waals surface area contributed by atoms with Crippen molar-refractivity contribution in [1.82, 2.24) is 19.9 Å². The lowest BCUT2D eigenvalue weighted by Gasteiger charge is -2.30. The van der Waals surface area contributed by atoms with E-state index >= 15 is 0 Å². The normalized spacial score (nSPS) is 17.5. The first-order valence-corrected chi connectivity index (χ1v) is 15.2. The van der Waals surface area contributed by atoms with Gasteiger partial charge in [-0.1, -0.05) is 18.2 Å². The molecule has 0 unspecified atom stereocenters. The van der Waals surface area contributed by atoms with Crippen LogP contribution < -0.4 is 16.0 Å². The summed E-state index contributed by atoms with van der Waals surface area (Å²) in [5, 5.41) is 2.49. The van der Waals surface area contributed by atoms with Crippen molar-refractivity contribution < 1.29 is 27.5 Å². The van der Waals surface area contributed by atoms with Gasteiger partial charge in [-0.25, -0.2) is 15.0 Å². The Labute approximate surface area is 264 Å². The van der Waals surface area contributed by atoms with Gasteiger partial charge >= 0.3 is 6.18 Å². The van der Waals surface area contributed by atoms with Crippen LogP contribution in [0.2, 0.25) is 0 Å². The number of nitrogens with two attached hydrogens (primary N) is 1. The number of amides is 2. The summed E-state index contributed by atoms with van der Waals surface area (Å²) < 4.78 is 45.2. The van der Waals surface area contributed by atoms with Crippen LogP contribution in [0.3, 0.4) is 0 Å². The topological polar surface area (TPSA) is 127 Å². The number of halogens is 3. The molecule has 1 saturated heterocycles. The smallest absolute Gasteiger partial charge is 0.378 e. The largest absolute Gasteiger partial charge is 0.413 e. The average Bonchev–Trinajstić information content (AvgIpc) is 3.90. The molecular formula is C33H34F3N7O3. The lowest BCUT2D eigenvalue weighted by molar-refractivity contribution is -0.130. The highest BCUT2D eigenvalue weighted by Crippen LogP contribution is 2.44. The second-order valence-corrected chi connectivity index (χ2v) is 11.6. The third-order valence-electron chi connectivity index (χ3n) is 8.26. The number of rotatable bonds is 8. The molecule has 3 aliphatic rings. The van der Waals surface area contributed by atoms with Gasteiger partial charge in [-0.2, -0.15) is 13.2 Å². The second kappa shape index (κ2) is 13.3. The Morgan fingerprint density at radius 2 is 1.74 bits per heavy atom. The minimum absolute atomic E-state index is 0.0438. The number of allylic oxidation sites excluding steroid dienone is 1. The summed E-state index contributed by atoms with van der Waals surface area (Å²) in [5.74, 6) is -0.433. The van der Waals surface area contributed by atoms with Crippen LogP contribution in [0.1, 0.15) is 30.4 Å². The lowest BCUT2D eigenvalue weighted by Crippen LogP contribution is -2.37. The van der Waals surface area contributed by atoms with Crippen LogP contribution in [-0.4, -0.2) is 77.2 Å². The number of ether oxygens (including phenoxy) is 1. The lowest BCUT2D eigenvalue weighted by atomic mass is 9.98. The number of nitrogens with zero attached hydrogens (tertiary/aromatic N) is 5. The van der Waals surface area contributed by atoms with E-state index < -0.39 is 23.6 Å². The minimum atomic E-state index is -4.52. The summed E-state index contributed by atoms with van der Waals surface area (Å²) in [4.78, 5) is 42.5. The van der Waals surface area contributed by atoms with E-state index in [1.165, 1.54) is 0 Å². The third-order valence-corrected chi connectivity index (χ3v) is 8.26. The average molecular weight is 634 g/mol. The van der Waals surface area contributed by atoms with Gasteiger partial charge in [-0.05, 0) is 66.1 Å². The number of nitrogen functional groups attached to an aromatic ring is 1. The fourth-order valence-corrected chi connectivity index (χ4v) is 5.57. The van der Waals surface area contributed by atoms with Crippen molar-refractivity contribution in [2.24, 2.45) is 5.92 Å². The molecule has 3 aromatic rings. The van der Waals surface area contributed by atoms with E-state index in [0.29, 0.717) is 57.3 Å². The van der Waals surface area contributed by atoms with Crippen molar-refractivity contribution >= 4 is 34.8 Å². The number of hydrogen-bond acceptors (Lipinski definition) is 8.